The molecule has 0 bridgehead atoms. The number of rotatable bonds is 18. The van der Waals surface area contributed by atoms with Crippen LogP contribution in [0.5, 0.6) is 0 Å². The predicted molar refractivity (Wildman–Crippen MR) is 119 cm³/mol. The summed E-state index contributed by atoms with van der Waals surface area (Å²) in [7, 11) is 0. The van der Waals surface area contributed by atoms with Crippen LogP contribution in [0.1, 0.15) is 125 Å². The Morgan fingerprint density at radius 3 is 1.59 bits per heavy atom. The zero-order valence-electron chi connectivity index (χ0n) is 19.1. The van der Waals surface area contributed by atoms with Crippen LogP contribution in [0.3, 0.4) is 0 Å². The molecule has 0 amide bonds. The van der Waals surface area contributed by atoms with Gasteiger partial charge in [0.15, 0.2) is 0 Å². The summed E-state index contributed by atoms with van der Waals surface area (Å²) in [5, 5.41) is 0. The van der Waals surface area contributed by atoms with Crippen LogP contribution in [0, 0.1) is 11.8 Å². The molecule has 0 aromatic carbocycles. The van der Waals surface area contributed by atoms with Crippen LogP contribution < -0.4 is 0 Å². The number of hydrogen-bond donors (Lipinski definition) is 0. The highest BCUT2D eigenvalue weighted by atomic mass is 16.5. The molecule has 0 aliphatic rings. The van der Waals surface area contributed by atoms with Gasteiger partial charge in [0.2, 0.25) is 0 Å². The quantitative estimate of drug-likeness (QED) is 0.136. The molecule has 0 N–H and O–H groups in total. The molecule has 0 saturated heterocycles. The lowest BCUT2D eigenvalue weighted by molar-refractivity contribution is -0.154. The van der Waals surface area contributed by atoms with Gasteiger partial charge in [-0.1, -0.05) is 105 Å². The van der Waals surface area contributed by atoms with Crippen molar-refractivity contribution in [1.82, 2.24) is 0 Å². The predicted octanol–water partition coefficient (Wildman–Crippen LogP) is 8.25. The highest BCUT2D eigenvalue weighted by Gasteiger charge is 2.21. The summed E-state index contributed by atoms with van der Waals surface area (Å²) < 4.78 is 5.65. The zero-order valence-corrected chi connectivity index (χ0v) is 19.1. The van der Waals surface area contributed by atoms with Crippen molar-refractivity contribution in [3.63, 3.8) is 0 Å². The molecular weight excluding hydrogens is 332 g/mol. The van der Waals surface area contributed by atoms with E-state index in [1.54, 1.807) is 0 Å². The van der Waals surface area contributed by atoms with Crippen molar-refractivity contribution >= 4 is 5.97 Å². The molecule has 0 aromatic heterocycles. The maximum absolute atomic E-state index is 12.0. The average Bonchev–Trinajstić information content (AvgIpc) is 2.62. The summed E-state index contributed by atoms with van der Waals surface area (Å²) in [6, 6.07) is 0. The summed E-state index contributed by atoms with van der Waals surface area (Å²) in [4.78, 5) is 12.0. The molecule has 0 heterocycles. The Bertz CT molecular complexity index is 349. The SMILES string of the molecule is CC/C=C/CCCCCCCCCCCCCC(=O)OC(C(C)C)C(C)C. The number of hydrogen-bond acceptors (Lipinski definition) is 2. The van der Waals surface area contributed by atoms with Crippen LogP contribution in [-0.2, 0) is 9.53 Å². The Hall–Kier alpha value is -0.790. The summed E-state index contributed by atoms with van der Waals surface area (Å²) in [6.45, 7) is 10.7. The number of ether oxygens (including phenoxy) is 1. The Kier molecular flexibility index (Phi) is 18.0. The number of unbranched alkanes of at least 4 members (excludes halogenated alkanes) is 11. The first-order valence-electron chi connectivity index (χ1n) is 11.8. The molecule has 0 fully saturated rings. The van der Waals surface area contributed by atoms with E-state index in [2.05, 4.69) is 46.8 Å². The first-order chi connectivity index (χ1) is 13.0. The minimum absolute atomic E-state index is 0.00687. The summed E-state index contributed by atoms with van der Waals surface area (Å²) in [5.74, 6) is 0.784. The van der Waals surface area contributed by atoms with Crippen molar-refractivity contribution in [2.45, 2.75) is 131 Å². The van der Waals surface area contributed by atoms with E-state index < -0.39 is 0 Å². The fourth-order valence-corrected chi connectivity index (χ4v) is 3.66. The Balaban J connectivity index is 3.37. The van der Waals surface area contributed by atoms with Gasteiger partial charge in [-0.3, -0.25) is 4.79 Å². The largest absolute Gasteiger partial charge is 0.462 e. The molecule has 0 atom stereocenters. The van der Waals surface area contributed by atoms with Crippen LogP contribution in [0.15, 0.2) is 12.2 Å². The second-order valence-corrected chi connectivity index (χ2v) is 8.75. The molecule has 0 rings (SSSR count). The van der Waals surface area contributed by atoms with Crippen LogP contribution in [0.2, 0.25) is 0 Å². The smallest absolute Gasteiger partial charge is 0.306 e. The van der Waals surface area contributed by atoms with E-state index in [0.717, 1.165) is 12.8 Å². The van der Waals surface area contributed by atoms with Crippen molar-refractivity contribution in [3.8, 4) is 0 Å². The van der Waals surface area contributed by atoms with Crippen molar-refractivity contribution in [1.29, 1.82) is 0 Å². The fourth-order valence-electron chi connectivity index (χ4n) is 3.66. The summed E-state index contributed by atoms with van der Waals surface area (Å²) in [5.41, 5.74) is 0. The first kappa shape index (κ1) is 26.2. The van der Waals surface area contributed by atoms with Gasteiger partial charge < -0.3 is 4.74 Å². The Morgan fingerprint density at radius 2 is 1.15 bits per heavy atom. The van der Waals surface area contributed by atoms with Gasteiger partial charge in [0, 0.05) is 6.42 Å². The van der Waals surface area contributed by atoms with Crippen molar-refractivity contribution in [2.24, 2.45) is 11.8 Å². The fraction of sp³-hybridized carbons (Fsp3) is 0.880. The van der Waals surface area contributed by atoms with E-state index in [-0.39, 0.29) is 12.1 Å². The molecule has 0 radical (unpaired) electrons. The molecule has 0 aliphatic heterocycles. The second-order valence-electron chi connectivity index (χ2n) is 8.75. The lowest BCUT2D eigenvalue weighted by Gasteiger charge is -2.24. The van der Waals surface area contributed by atoms with E-state index >= 15 is 0 Å². The van der Waals surface area contributed by atoms with Gasteiger partial charge in [0.1, 0.15) is 6.10 Å². The van der Waals surface area contributed by atoms with Crippen LogP contribution in [-0.4, -0.2) is 12.1 Å². The molecule has 0 saturated carbocycles. The zero-order chi connectivity index (χ0) is 20.3. The molecule has 0 aliphatic carbocycles. The monoisotopic (exact) mass is 380 g/mol. The van der Waals surface area contributed by atoms with Crippen molar-refractivity contribution < 1.29 is 9.53 Å². The van der Waals surface area contributed by atoms with E-state index in [4.69, 9.17) is 4.74 Å². The van der Waals surface area contributed by atoms with Gasteiger partial charge in [-0.05, 0) is 37.5 Å². The standard InChI is InChI=1S/C25H48O2/c1-6-7-8-9-10-11-12-13-14-15-16-17-18-19-20-21-24(26)27-25(22(2)3)23(4)5/h7-8,22-23,25H,6,9-21H2,1-5H3/b8-7+. The van der Waals surface area contributed by atoms with Crippen LogP contribution >= 0.6 is 0 Å². The average molecular weight is 381 g/mol. The molecule has 2 heteroatoms. The third-order valence-corrected chi connectivity index (χ3v) is 5.24. The van der Waals surface area contributed by atoms with Gasteiger partial charge in [0.25, 0.3) is 0 Å². The van der Waals surface area contributed by atoms with E-state index in [1.807, 2.05) is 0 Å². The van der Waals surface area contributed by atoms with Gasteiger partial charge in [-0.15, -0.1) is 0 Å². The normalized spacial score (nSPS) is 12.0. The minimum atomic E-state index is -0.00687. The molecule has 160 valence electrons. The molecule has 27 heavy (non-hydrogen) atoms. The lowest BCUT2D eigenvalue weighted by atomic mass is 9.96. The number of esters is 1. The molecule has 0 spiro atoms. The lowest BCUT2D eigenvalue weighted by Crippen LogP contribution is -2.28. The Morgan fingerprint density at radius 1 is 0.704 bits per heavy atom. The molecule has 2 nitrogen and oxygen atoms in total. The van der Waals surface area contributed by atoms with E-state index in [0.29, 0.717) is 18.3 Å². The number of carbonyl (C=O) groups excluding carboxylic acids is 1. The molecular formula is C25H48O2. The molecule has 0 unspecified atom stereocenters. The van der Waals surface area contributed by atoms with E-state index in [9.17, 15) is 4.79 Å². The van der Waals surface area contributed by atoms with Gasteiger partial charge >= 0.3 is 5.97 Å². The maximum atomic E-state index is 12.0. The van der Waals surface area contributed by atoms with Crippen molar-refractivity contribution in [2.75, 3.05) is 0 Å². The maximum Gasteiger partial charge on any atom is 0.306 e. The van der Waals surface area contributed by atoms with Crippen molar-refractivity contribution in [3.05, 3.63) is 12.2 Å². The third-order valence-electron chi connectivity index (χ3n) is 5.24. The number of carbonyl (C=O) groups is 1. The Labute approximate surface area is 170 Å². The van der Waals surface area contributed by atoms with Gasteiger partial charge in [-0.2, -0.15) is 0 Å². The van der Waals surface area contributed by atoms with Crippen LogP contribution in [0.4, 0.5) is 0 Å². The topological polar surface area (TPSA) is 26.3 Å². The van der Waals surface area contributed by atoms with Gasteiger partial charge in [0.05, 0.1) is 0 Å². The third kappa shape index (κ3) is 17.1. The van der Waals surface area contributed by atoms with Crippen LogP contribution in [0.25, 0.3) is 0 Å². The second kappa shape index (κ2) is 18.6. The highest BCUT2D eigenvalue weighted by Crippen LogP contribution is 2.18. The van der Waals surface area contributed by atoms with E-state index in [1.165, 1.54) is 70.6 Å². The summed E-state index contributed by atoms with van der Waals surface area (Å²) >= 11 is 0. The number of allylic oxidation sites excluding steroid dienone is 2. The highest BCUT2D eigenvalue weighted by molar-refractivity contribution is 5.69. The summed E-state index contributed by atoms with van der Waals surface area (Å²) in [6.07, 6.45) is 22.1. The first-order valence-corrected chi connectivity index (χ1v) is 11.8. The minimum Gasteiger partial charge on any atom is -0.462 e. The van der Waals surface area contributed by atoms with Gasteiger partial charge in [-0.25, -0.2) is 0 Å². The molecule has 0 aromatic rings.